The molecule has 2 heteroatoms. The molecule has 0 heterocycles. The van der Waals surface area contributed by atoms with Crippen LogP contribution in [0.2, 0.25) is 0 Å². The molecule has 0 fully saturated rings. The second-order valence-corrected chi connectivity index (χ2v) is 5.56. The molecule has 0 bridgehead atoms. The van der Waals surface area contributed by atoms with Gasteiger partial charge in [0.25, 0.3) is 0 Å². The molecule has 0 aliphatic carbocycles. The molecule has 2 aromatic carbocycles. The molecule has 0 unspecified atom stereocenters. The van der Waals surface area contributed by atoms with Gasteiger partial charge in [0.2, 0.25) is 0 Å². The van der Waals surface area contributed by atoms with E-state index in [0.717, 1.165) is 12.7 Å². The fourth-order valence-electron chi connectivity index (χ4n) is 2.59. The van der Waals surface area contributed by atoms with Crippen molar-refractivity contribution in [1.29, 1.82) is 5.26 Å². The van der Waals surface area contributed by atoms with Crippen LogP contribution in [0.25, 0.3) is 0 Å². The first-order chi connectivity index (χ1) is 10.1. The van der Waals surface area contributed by atoms with E-state index < -0.39 is 0 Å². The molecule has 0 aromatic heterocycles. The highest BCUT2D eigenvalue weighted by Crippen LogP contribution is 2.29. The molecule has 2 aromatic rings. The molecule has 2 atom stereocenters. The molecule has 2 nitrogen and oxygen atoms in total. The molecular weight excluding hydrogens is 258 g/mol. The Labute approximate surface area is 126 Å². The molecule has 0 spiro atoms. The molecule has 0 N–H and O–H groups in total. The van der Waals surface area contributed by atoms with E-state index in [2.05, 4.69) is 19.9 Å². The normalized spacial score (nSPS) is 13.2. The van der Waals surface area contributed by atoms with Crippen molar-refractivity contribution in [2.75, 3.05) is 0 Å². The third-order valence-corrected chi connectivity index (χ3v) is 3.96. The summed E-state index contributed by atoms with van der Waals surface area (Å²) >= 11 is 0. The molecule has 106 valence electrons. The molecular formula is C19H19NO. The Balaban J connectivity index is 2.04. The van der Waals surface area contributed by atoms with Gasteiger partial charge in [-0.15, -0.1) is 0 Å². The van der Waals surface area contributed by atoms with Crippen LogP contribution < -0.4 is 0 Å². The summed E-state index contributed by atoms with van der Waals surface area (Å²) in [5.41, 5.74) is 3.92. The second-order valence-electron chi connectivity index (χ2n) is 5.56. The zero-order valence-electron chi connectivity index (χ0n) is 12.4. The van der Waals surface area contributed by atoms with Crippen LogP contribution in [-0.2, 0) is 0 Å². The SMILES string of the molecule is C[C@H](C[C@H](C)c1ccc(C#N)cc1)c1ccc(C=O)cc1. The number of nitriles is 1. The Morgan fingerprint density at radius 2 is 1.43 bits per heavy atom. The number of nitrogens with zero attached hydrogens (tertiary/aromatic N) is 1. The Hall–Kier alpha value is -2.40. The van der Waals surface area contributed by atoms with E-state index in [1.165, 1.54) is 11.1 Å². The van der Waals surface area contributed by atoms with Gasteiger partial charge in [0.05, 0.1) is 11.6 Å². The number of rotatable bonds is 5. The summed E-state index contributed by atoms with van der Waals surface area (Å²) < 4.78 is 0. The zero-order chi connectivity index (χ0) is 15.2. The molecule has 0 aliphatic rings. The summed E-state index contributed by atoms with van der Waals surface area (Å²) in [7, 11) is 0. The van der Waals surface area contributed by atoms with E-state index in [0.29, 0.717) is 23.0 Å². The van der Waals surface area contributed by atoms with Crippen LogP contribution in [0.1, 0.15) is 59.2 Å². The maximum absolute atomic E-state index is 10.7. The van der Waals surface area contributed by atoms with E-state index in [1.54, 1.807) is 0 Å². The van der Waals surface area contributed by atoms with Crippen molar-refractivity contribution < 1.29 is 4.79 Å². The number of carbonyl (C=O) groups excluding carboxylic acids is 1. The minimum absolute atomic E-state index is 0.427. The summed E-state index contributed by atoms with van der Waals surface area (Å²) in [5, 5.41) is 8.83. The van der Waals surface area contributed by atoms with Crippen molar-refractivity contribution in [3.63, 3.8) is 0 Å². The van der Waals surface area contributed by atoms with Gasteiger partial charge in [0, 0.05) is 5.56 Å². The van der Waals surface area contributed by atoms with Crippen molar-refractivity contribution >= 4 is 6.29 Å². The maximum atomic E-state index is 10.7. The number of carbonyl (C=O) groups is 1. The molecule has 0 saturated heterocycles. The number of hydrogen-bond donors (Lipinski definition) is 0. The van der Waals surface area contributed by atoms with Crippen molar-refractivity contribution in [1.82, 2.24) is 0 Å². The third kappa shape index (κ3) is 3.79. The van der Waals surface area contributed by atoms with Crippen molar-refractivity contribution in [3.05, 3.63) is 70.8 Å². The highest BCUT2D eigenvalue weighted by Gasteiger charge is 2.12. The Bertz CT molecular complexity index is 635. The van der Waals surface area contributed by atoms with Gasteiger partial charge in [0.1, 0.15) is 6.29 Å². The van der Waals surface area contributed by atoms with Gasteiger partial charge >= 0.3 is 0 Å². The average Bonchev–Trinajstić information content (AvgIpc) is 2.55. The molecule has 2 rings (SSSR count). The highest BCUT2D eigenvalue weighted by atomic mass is 16.1. The summed E-state index contributed by atoms with van der Waals surface area (Å²) in [5.74, 6) is 0.856. The number of aldehydes is 1. The molecule has 0 amide bonds. The quantitative estimate of drug-likeness (QED) is 0.745. The van der Waals surface area contributed by atoms with E-state index in [-0.39, 0.29) is 0 Å². The van der Waals surface area contributed by atoms with Gasteiger partial charge in [-0.3, -0.25) is 4.79 Å². The minimum atomic E-state index is 0.427. The fraction of sp³-hybridized carbons (Fsp3) is 0.263. The van der Waals surface area contributed by atoms with Gasteiger partial charge in [-0.05, 0) is 41.5 Å². The predicted molar refractivity (Wildman–Crippen MR) is 84.4 cm³/mol. The van der Waals surface area contributed by atoms with Crippen molar-refractivity contribution in [2.45, 2.75) is 32.1 Å². The van der Waals surface area contributed by atoms with E-state index in [1.807, 2.05) is 48.5 Å². The predicted octanol–water partition coefficient (Wildman–Crippen LogP) is 4.67. The smallest absolute Gasteiger partial charge is 0.150 e. The minimum Gasteiger partial charge on any atom is -0.298 e. The lowest BCUT2D eigenvalue weighted by atomic mass is 9.87. The van der Waals surface area contributed by atoms with Crippen LogP contribution in [0.15, 0.2) is 48.5 Å². The Morgan fingerprint density at radius 3 is 1.86 bits per heavy atom. The zero-order valence-corrected chi connectivity index (χ0v) is 12.4. The van der Waals surface area contributed by atoms with Crippen molar-refractivity contribution in [3.8, 4) is 6.07 Å². The van der Waals surface area contributed by atoms with Crippen LogP contribution in [0.3, 0.4) is 0 Å². The number of hydrogen-bond acceptors (Lipinski definition) is 2. The molecule has 0 saturated carbocycles. The lowest BCUT2D eigenvalue weighted by Crippen LogP contribution is -2.01. The van der Waals surface area contributed by atoms with Gasteiger partial charge < -0.3 is 0 Å². The van der Waals surface area contributed by atoms with E-state index >= 15 is 0 Å². The summed E-state index contributed by atoms with van der Waals surface area (Å²) in [6.07, 6.45) is 1.90. The van der Waals surface area contributed by atoms with Gasteiger partial charge in [-0.1, -0.05) is 50.2 Å². The van der Waals surface area contributed by atoms with Crippen LogP contribution in [0, 0.1) is 11.3 Å². The highest BCUT2D eigenvalue weighted by molar-refractivity contribution is 5.74. The van der Waals surface area contributed by atoms with Crippen LogP contribution in [-0.4, -0.2) is 6.29 Å². The first-order valence-corrected chi connectivity index (χ1v) is 7.19. The largest absolute Gasteiger partial charge is 0.298 e. The summed E-state index contributed by atoms with van der Waals surface area (Å²) in [4.78, 5) is 10.7. The van der Waals surface area contributed by atoms with Crippen LogP contribution >= 0.6 is 0 Å². The van der Waals surface area contributed by atoms with Gasteiger partial charge in [-0.2, -0.15) is 5.26 Å². The topological polar surface area (TPSA) is 40.9 Å². The van der Waals surface area contributed by atoms with Gasteiger partial charge in [-0.25, -0.2) is 0 Å². The average molecular weight is 277 g/mol. The van der Waals surface area contributed by atoms with E-state index in [9.17, 15) is 4.79 Å². The first kappa shape index (κ1) is 15.0. The first-order valence-electron chi connectivity index (χ1n) is 7.19. The van der Waals surface area contributed by atoms with Gasteiger partial charge in [0.15, 0.2) is 0 Å². The third-order valence-electron chi connectivity index (χ3n) is 3.96. The molecule has 21 heavy (non-hydrogen) atoms. The lowest BCUT2D eigenvalue weighted by Gasteiger charge is -2.18. The van der Waals surface area contributed by atoms with E-state index in [4.69, 9.17) is 5.26 Å². The summed E-state index contributed by atoms with van der Waals surface area (Å²) in [6, 6.07) is 17.7. The Kier molecular flexibility index (Phi) is 4.90. The fourth-order valence-corrected chi connectivity index (χ4v) is 2.59. The monoisotopic (exact) mass is 277 g/mol. The maximum Gasteiger partial charge on any atom is 0.150 e. The van der Waals surface area contributed by atoms with Crippen LogP contribution in [0.4, 0.5) is 0 Å². The number of benzene rings is 2. The molecule has 0 aliphatic heterocycles. The second kappa shape index (κ2) is 6.85. The summed E-state index contributed by atoms with van der Waals surface area (Å²) in [6.45, 7) is 4.41. The van der Waals surface area contributed by atoms with Crippen LogP contribution in [0.5, 0.6) is 0 Å². The lowest BCUT2D eigenvalue weighted by molar-refractivity contribution is 0.112. The molecule has 0 radical (unpaired) electrons. The Morgan fingerprint density at radius 1 is 0.952 bits per heavy atom. The standard InChI is InChI=1S/C19H19NO/c1-14(18-7-3-16(12-20)4-8-18)11-15(2)19-9-5-17(13-21)6-10-19/h3-10,13-15H,11H2,1-2H3/t14-,15+/m0/s1. The van der Waals surface area contributed by atoms with Crippen molar-refractivity contribution in [2.24, 2.45) is 0 Å².